The van der Waals surface area contributed by atoms with Crippen molar-refractivity contribution in [3.63, 3.8) is 0 Å². The summed E-state index contributed by atoms with van der Waals surface area (Å²) in [5.41, 5.74) is 5.32. The average Bonchev–Trinajstić information content (AvgIpc) is 3.41. The number of nitrogens with zero attached hydrogens (tertiary/aromatic N) is 3. The molecule has 1 unspecified atom stereocenters. The summed E-state index contributed by atoms with van der Waals surface area (Å²) in [6.45, 7) is 2.14. The van der Waals surface area contributed by atoms with Gasteiger partial charge < -0.3 is 16.0 Å². The molecule has 0 aliphatic heterocycles. The van der Waals surface area contributed by atoms with Crippen LogP contribution in [0.4, 0.5) is 20.3 Å². The Labute approximate surface area is 222 Å². The highest BCUT2D eigenvalue weighted by Gasteiger charge is 2.18. The van der Waals surface area contributed by atoms with Gasteiger partial charge in [-0.25, -0.2) is 13.8 Å². The Morgan fingerprint density at radius 1 is 0.974 bits per heavy atom. The van der Waals surface area contributed by atoms with Crippen molar-refractivity contribution < 1.29 is 13.6 Å². The van der Waals surface area contributed by atoms with Crippen LogP contribution in [0.3, 0.4) is 0 Å². The van der Waals surface area contributed by atoms with Crippen molar-refractivity contribution in [1.82, 2.24) is 20.3 Å². The third-order valence-electron chi connectivity index (χ3n) is 6.19. The van der Waals surface area contributed by atoms with Crippen LogP contribution in [0, 0.1) is 11.6 Å². The molecule has 0 bridgehead atoms. The summed E-state index contributed by atoms with van der Waals surface area (Å²) in [6, 6.07) is 12.4. The second kappa shape index (κ2) is 10.9. The highest BCUT2D eigenvalue weighted by Crippen LogP contribution is 2.37. The number of rotatable bonds is 8. The molecule has 0 spiro atoms. The van der Waals surface area contributed by atoms with Crippen LogP contribution < -0.4 is 16.0 Å². The lowest BCUT2D eigenvalue weighted by Gasteiger charge is -2.17. The lowest BCUT2D eigenvalue weighted by atomic mass is 10.0. The Morgan fingerprint density at radius 2 is 1.82 bits per heavy atom. The molecule has 10 heteroatoms. The monoisotopic (exact) mass is 530 g/mol. The fourth-order valence-electron chi connectivity index (χ4n) is 4.26. The quantitative estimate of drug-likeness (QED) is 0.222. The molecular formula is C28H24F2N6OS. The molecule has 5 rings (SSSR count). The van der Waals surface area contributed by atoms with E-state index in [9.17, 15) is 13.6 Å². The van der Waals surface area contributed by atoms with E-state index in [0.717, 1.165) is 44.9 Å². The van der Waals surface area contributed by atoms with Crippen LogP contribution in [0.2, 0.25) is 0 Å². The van der Waals surface area contributed by atoms with E-state index in [2.05, 4.69) is 37.0 Å². The summed E-state index contributed by atoms with van der Waals surface area (Å²) in [7, 11) is 1.86. The van der Waals surface area contributed by atoms with Crippen molar-refractivity contribution in [3.05, 3.63) is 100 Å². The van der Waals surface area contributed by atoms with Crippen LogP contribution in [0.25, 0.3) is 22.2 Å². The second-order valence-electron chi connectivity index (χ2n) is 8.54. The molecule has 0 saturated heterocycles. The van der Waals surface area contributed by atoms with E-state index >= 15 is 0 Å². The van der Waals surface area contributed by atoms with Crippen LogP contribution in [0.5, 0.6) is 0 Å². The van der Waals surface area contributed by atoms with E-state index in [0.29, 0.717) is 23.5 Å². The summed E-state index contributed by atoms with van der Waals surface area (Å²) in [4.78, 5) is 27.4. The maximum Gasteiger partial charge on any atom is 0.255 e. The maximum atomic E-state index is 13.7. The molecule has 7 nitrogen and oxygen atoms in total. The molecule has 0 aliphatic rings. The minimum atomic E-state index is -0.959. The van der Waals surface area contributed by atoms with E-state index in [1.165, 1.54) is 6.07 Å². The van der Waals surface area contributed by atoms with E-state index < -0.39 is 17.7 Å². The molecule has 0 saturated carbocycles. The Bertz CT molecular complexity index is 1620. The van der Waals surface area contributed by atoms with Crippen LogP contribution in [0.15, 0.2) is 72.5 Å². The third kappa shape index (κ3) is 5.03. The smallest absolute Gasteiger partial charge is 0.255 e. The van der Waals surface area contributed by atoms with Crippen molar-refractivity contribution in [2.75, 3.05) is 17.7 Å². The first-order valence-electron chi connectivity index (χ1n) is 11.9. The number of thiophene rings is 1. The van der Waals surface area contributed by atoms with E-state index in [-0.39, 0.29) is 5.91 Å². The highest BCUT2D eigenvalue weighted by atomic mass is 32.1. The van der Waals surface area contributed by atoms with Crippen molar-refractivity contribution in [3.8, 4) is 11.1 Å². The number of amides is 1. The number of carbonyl (C=O) groups excluding carboxylic acids is 1. The van der Waals surface area contributed by atoms with Crippen molar-refractivity contribution >= 4 is 39.8 Å². The first-order chi connectivity index (χ1) is 18.5. The number of nitrogens with one attached hydrogen (secondary N) is 3. The van der Waals surface area contributed by atoms with E-state index in [1.807, 2.05) is 24.6 Å². The first-order valence-corrected chi connectivity index (χ1v) is 12.8. The standard InChI is InChI=1S/C28H24F2N6OS/c1-16(17-5-7-21(29)22(30)14-17)36-28(37)20-4-3-10-34-27(20)35-15-24-18(9-13-38-24)19-6-8-23-26(25(19)31-2)33-12-11-32-23/h3-14,16,31H,15H2,1-2H3,(H,34,35)(H,36,37). The van der Waals surface area contributed by atoms with Gasteiger partial charge in [-0.2, -0.15) is 0 Å². The number of anilines is 2. The third-order valence-corrected chi connectivity index (χ3v) is 7.11. The van der Waals surface area contributed by atoms with Crippen molar-refractivity contribution in [1.29, 1.82) is 0 Å². The van der Waals surface area contributed by atoms with Gasteiger partial charge >= 0.3 is 0 Å². The summed E-state index contributed by atoms with van der Waals surface area (Å²) < 4.78 is 27.0. The number of halogens is 2. The zero-order chi connectivity index (χ0) is 26.6. The lowest BCUT2D eigenvalue weighted by Crippen LogP contribution is -2.27. The molecule has 2 aromatic carbocycles. The topological polar surface area (TPSA) is 91.8 Å². The predicted molar refractivity (Wildman–Crippen MR) is 146 cm³/mol. The molecule has 5 aromatic rings. The number of pyridine rings is 1. The van der Waals surface area contributed by atoms with E-state index in [1.54, 1.807) is 49.0 Å². The van der Waals surface area contributed by atoms with Gasteiger partial charge in [-0.15, -0.1) is 11.3 Å². The summed E-state index contributed by atoms with van der Waals surface area (Å²) >= 11 is 1.59. The predicted octanol–water partition coefficient (Wildman–Crippen LogP) is 6.18. The first kappa shape index (κ1) is 25.2. The van der Waals surface area contributed by atoms with Crippen LogP contribution >= 0.6 is 11.3 Å². The maximum absolute atomic E-state index is 13.7. The van der Waals surface area contributed by atoms with Crippen molar-refractivity contribution in [2.24, 2.45) is 0 Å². The Balaban J connectivity index is 1.36. The molecule has 0 radical (unpaired) electrons. The number of hydrogen-bond donors (Lipinski definition) is 3. The lowest BCUT2D eigenvalue weighted by molar-refractivity contribution is 0.0940. The number of carbonyl (C=O) groups is 1. The molecular weight excluding hydrogens is 506 g/mol. The van der Waals surface area contributed by atoms with Gasteiger partial charge in [-0.3, -0.25) is 14.8 Å². The van der Waals surface area contributed by atoms with Gasteiger partial charge in [0.2, 0.25) is 0 Å². The molecule has 3 heterocycles. The summed E-state index contributed by atoms with van der Waals surface area (Å²) in [5.74, 6) is -1.86. The minimum Gasteiger partial charge on any atom is -0.386 e. The molecule has 1 atom stereocenters. The molecule has 3 N–H and O–H groups in total. The fraction of sp³-hybridized carbons (Fsp3) is 0.143. The molecule has 38 heavy (non-hydrogen) atoms. The van der Waals surface area contributed by atoms with Crippen molar-refractivity contribution in [2.45, 2.75) is 19.5 Å². The van der Waals surface area contributed by atoms with Crippen LogP contribution in [-0.4, -0.2) is 27.9 Å². The van der Waals surface area contributed by atoms with Gasteiger partial charge in [0.05, 0.1) is 29.4 Å². The molecule has 192 valence electrons. The van der Waals surface area contributed by atoms with Crippen LogP contribution in [-0.2, 0) is 6.54 Å². The number of hydrogen-bond acceptors (Lipinski definition) is 7. The van der Waals surface area contributed by atoms with Gasteiger partial charge in [0.15, 0.2) is 11.6 Å². The Morgan fingerprint density at radius 3 is 2.63 bits per heavy atom. The van der Waals surface area contributed by atoms with Gasteiger partial charge in [-0.05, 0) is 65.9 Å². The van der Waals surface area contributed by atoms with Crippen LogP contribution in [0.1, 0.15) is 33.8 Å². The van der Waals surface area contributed by atoms with Gasteiger partial charge in [0, 0.05) is 36.1 Å². The number of benzene rings is 2. The normalized spacial score (nSPS) is 11.8. The van der Waals surface area contributed by atoms with Gasteiger partial charge in [0.25, 0.3) is 5.91 Å². The minimum absolute atomic E-state index is 0.344. The van der Waals surface area contributed by atoms with E-state index in [4.69, 9.17) is 0 Å². The molecule has 3 aromatic heterocycles. The summed E-state index contributed by atoms with van der Waals surface area (Å²) in [5, 5.41) is 11.4. The molecule has 1 amide bonds. The van der Waals surface area contributed by atoms with Gasteiger partial charge in [0.1, 0.15) is 11.3 Å². The zero-order valence-corrected chi connectivity index (χ0v) is 21.4. The Kier molecular flexibility index (Phi) is 7.23. The average molecular weight is 531 g/mol. The fourth-order valence-corrected chi connectivity index (χ4v) is 5.09. The highest BCUT2D eigenvalue weighted by molar-refractivity contribution is 7.10. The number of aromatic nitrogens is 3. The number of fused-ring (bicyclic) bond motifs is 1. The zero-order valence-electron chi connectivity index (χ0n) is 20.6. The second-order valence-corrected chi connectivity index (χ2v) is 9.54. The molecule has 0 aliphatic carbocycles. The Hall–Kier alpha value is -4.44. The molecule has 0 fully saturated rings. The summed E-state index contributed by atoms with van der Waals surface area (Å²) in [6.07, 6.45) is 4.94. The SMILES string of the molecule is CNc1c(-c2ccsc2CNc2ncccc2C(=O)NC(C)c2ccc(F)c(F)c2)ccc2nccnc12. The van der Waals surface area contributed by atoms with Gasteiger partial charge in [-0.1, -0.05) is 6.07 Å². The largest absolute Gasteiger partial charge is 0.386 e.